The molecule has 1 amide bonds. The van der Waals surface area contributed by atoms with E-state index < -0.39 is 0 Å². The molecule has 2 aromatic rings. The number of methoxy groups -OCH3 is 3. The first-order chi connectivity index (χ1) is 11.6. The minimum absolute atomic E-state index is 0.273. The first-order valence-electron chi connectivity index (χ1n) is 7.43. The van der Waals surface area contributed by atoms with Gasteiger partial charge in [-0.3, -0.25) is 4.79 Å². The maximum absolute atomic E-state index is 12.2. The van der Waals surface area contributed by atoms with E-state index in [-0.39, 0.29) is 5.91 Å². The number of carbonyl (C=O) groups is 1. The van der Waals surface area contributed by atoms with Crippen molar-refractivity contribution in [2.24, 2.45) is 0 Å². The maximum atomic E-state index is 12.2. The number of ether oxygens (including phenoxy) is 3. The van der Waals surface area contributed by atoms with Crippen molar-refractivity contribution in [3.63, 3.8) is 0 Å². The Morgan fingerprint density at radius 2 is 1.67 bits per heavy atom. The van der Waals surface area contributed by atoms with Crippen molar-refractivity contribution in [2.45, 2.75) is 6.92 Å². The maximum Gasteiger partial charge on any atom is 0.248 e. The van der Waals surface area contributed by atoms with Gasteiger partial charge in [0.05, 0.1) is 27.0 Å². The Morgan fingerprint density at radius 3 is 2.33 bits per heavy atom. The molecule has 0 atom stereocenters. The van der Waals surface area contributed by atoms with E-state index in [4.69, 9.17) is 14.2 Å². The SMILES string of the molecule is COc1ccc(OC)c(NC(=O)C=Cc2cc(C)ccc2OC)c1. The number of amides is 1. The van der Waals surface area contributed by atoms with E-state index in [2.05, 4.69) is 5.32 Å². The molecule has 2 aromatic carbocycles. The minimum Gasteiger partial charge on any atom is -0.497 e. The molecule has 0 unspecified atom stereocenters. The molecule has 0 bridgehead atoms. The second kappa shape index (κ2) is 8.06. The van der Waals surface area contributed by atoms with Crippen LogP contribution < -0.4 is 19.5 Å². The van der Waals surface area contributed by atoms with Gasteiger partial charge in [0, 0.05) is 17.7 Å². The third-order valence-corrected chi connectivity index (χ3v) is 3.46. The molecular weight excluding hydrogens is 306 g/mol. The van der Waals surface area contributed by atoms with Gasteiger partial charge in [0.25, 0.3) is 0 Å². The van der Waals surface area contributed by atoms with E-state index in [1.807, 2.05) is 25.1 Å². The van der Waals surface area contributed by atoms with Gasteiger partial charge in [-0.15, -0.1) is 0 Å². The zero-order valence-electron chi connectivity index (χ0n) is 14.3. The molecule has 126 valence electrons. The van der Waals surface area contributed by atoms with E-state index in [0.29, 0.717) is 22.9 Å². The highest BCUT2D eigenvalue weighted by molar-refractivity contribution is 6.03. The fraction of sp³-hybridized carbons (Fsp3) is 0.211. The normalized spacial score (nSPS) is 10.5. The van der Waals surface area contributed by atoms with Crippen molar-refractivity contribution in [3.8, 4) is 17.2 Å². The highest BCUT2D eigenvalue weighted by atomic mass is 16.5. The van der Waals surface area contributed by atoms with Crippen LogP contribution in [0.5, 0.6) is 17.2 Å². The second-order valence-electron chi connectivity index (χ2n) is 5.13. The molecule has 24 heavy (non-hydrogen) atoms. The third-order valence-electron chi connectivity index (χ3n) is 3.46. The molecule has 0 aliphatic heterocycles. The number of aryl methyl sites for hydroxylation is 1. The molecule has 0 aliphatic carbocycles. The van der Waals surface area contributed by atoms with E-state index in [1.165, 1.54) is 6.08 Å². The van der Waals surface area contributed by atoms with Gasteiger partial charge in [-0.2, -0.15) is 0 Å². The van der Waals surface area contributed by atoms with E-state index in [0.717, 1.165) is 11.1 Å². The summed E-state index contributed by atoms with van der Waals surface area (Å²) in [6.07, 6.45) is 3.17. The summed E-state index contributed by atoms with van der Waals surface area (Å²) in [6, 6.07) is 11.0. The molecule has 5 heteroatoms. The van der Waals surface area contributed by atoms with E-state index >= 15 is 0 Å². The lowest BCUT2D eigenvalue weighted by molar-refractivity contribution is -0.111. The highest BCUT2D eigenvalue weighted by Crippen LogP contribution is 2.29. The van der Waals surface area contributed by atoms with Crippen molar-refractivity contribution in [1.82, 2.24) is 0 Å². The summed E-state index contributed by atoms with van der Waals surface area (Å²) in [7, 11) is 4.71. The Hall–Kier alpha value is -2.95. The van der Waals surface area contributed by atoms with Crippen LogP contribution in [0, 0.1) is 6.92 Å². The van der Waals surface area contributed by atoms with E-state index in [1.54, 1.807) is 45.6 Å². The Balaban J connectivity index is 2.18. The topological polar surface area (TPSA) is 56.8 Å². The minimum atomic E-state index is -0.273. The Labute approximate surface area is 141 Å². The summed E-state index contributed by atoms with van der Waals surface area (Å²) < 4.78 is 15.7. The molecule has 0 aliphatic rings. The lowest BCUT2D eigenvalue weighted by atomic mass is 10.1. The van der Waals surface area contributed by atoms with Crippen molar-refractivity contribution in [2.75, 3.05) is 26.6 Å². The lowest BCUT2D eigenvalue weighted by Gasteiger charge is -2.10. The van der Waals surface area contributed by atoms with Crippen molar-refractivity contribution in [1.29, 1.82) is 0 Å². The monoisotopic (exact) mass is 327 g/mol. The second-order valence-corrected chi connectivity index (χ2v) is 5.13. The average Bonchev–Trinajstić information content (AvgIpc) is 2.60. The van der Waals surface area contributed by atoms with Gasteiger partial charge in [0.15, 0.2) is 0 Å². The Bertz CT molecular complexity index is 753. The summed E-state index contributed by atoms with van der Waals surface area (Å²) >= 11 is 0. The fourth-order valence-corrected chi connectivity index (χ4v) is 2.24. The van der Waals surface area contributed by atoms with Gasteiger partial charge in [-0.05, 0) is 37.3 Å². The van der Waals surface area contributed by atoms with Crippen LogP contribution in [0.3, 0.4) is 0 Å². The third kappa shape index (κ3) is 4.29. The zero-order valence-corrected chi connectivity index (χ0v) is 14.3. The quantitative estimate of drug-likeness (QED) is 0.823. The number of benzene rings is 2. The van der Waals surface area contributed by atoms with Crippen LogP contribution in [0.15, 0.2) is 42.5 Å². The summed E-state index contributed by atoms with van der Waals surface area (Å²) in [5, 5.41) is 2.79. The smallest absolute Gasteiger partial charge is 0.248 e. The van der Waals surface area contributed by atoms with Crippen LogP contribution in [0.1, 0.15) is 11.1 Å². The fourth-order valence-electron chi connectivity index (χ4n) is 2.24. The number of nitrogens with one attached hydrogen (secondary N) is 1. The number of rotatable bonds is 6. The first-order valence-corrected chi connectivity index (χ1v) is 7.43. The largest absolute Gasteiger partial charge is 0.497 e. The summed E-state index contributed by atoms with van der Waals surface area (Å²) in [4.78, 5) is 12.2. The zero-order chi connectivity index (χ0) is 17.5. The average molecular weight is 327 g/mol. The molecule has 0 heterocycles. The number of hydrogen-bond donors (Lipinski definition) is 1. The molecule has 0 radical (unpaired) electrons. The Morgan fingerprint density at radius 1 is 0.958 bits per heavy atom. The van der Waals surface area contributed by atoms with Gasteiger partial charge in [0.1, 0.15) is 17.2 Å². The van der Waals surface area contributed by atoms with Gasteiger partial charge < -0.3 is 19.5 Å². The lowest BCUT2D eigenvalue weighted by Crippen LogP contribution is -2.09. The predicted molar refractivity (Wildman–Crippen MR) is 94.9 cm³/mol. The molecule has 2 rings (SSSR count). The molecular formula is C19H21NO4. The molecule has 0 saturated carbocycles. The molecule has 5 nitrogen and oxygen atoms in total. The van der Waals surface area contributed by atoms with Gasteiger partial charge in [-0.1, -0.05) is 11.6 Å². The first kappa shape index (κ1) is 17.4. The molecule has 0 saturated heterocycles. The van der Waals surface area contributed by atoms with Gasteiger partial charge in [0.2, 0.25) is 5.91 Å². The summed E-state index contributed by atoms with van der Waals surface area (Å²) in [5.41, 5.74) is 2.47. The van der Waals surface area contributed by atoms with Crippen LogP contribution in [-0.2, 0) is 4.79 Å². The number of carbonyl (C=O) groups excluding carboxylic acids is 1. The number of hydrogen-bond acceptors (Lipinski definition) is 4. The summed E-state index contributed by atoms with van der Waals surface area (Å²) in [5.74, 6) is 1.63. The van der Waals surface area contributed by atoms with Crippen LogP contribution >= 0.6 is 0 Å². The molecule has 0 aromatic heterocycles. The standard InChI is InChI=1S/C19H21NO4/c1-13-5-8-17(23-3)14(11-13)6-10-19(21)20-16-12-15(22-2)7-9-18(16)24-4/h5-12H,1-4H3,(H,20,21). The predicted octanol–water partition coefficient (Wildman–Crippen LogP) is 3.67. The molecule has 0 fully saturated rings. The molecule has 0 spiro atoms. The summed E-state index contributed by atoms with van der Waals surface area (Å²) in [6.45, 7) is 1.98. The van der Waals surface area contributed by atoms with Crippen LogP contribution in [0.4, 0.5) is 5.69 Å². The van der Waals surface area contributed by atoms with Crippen LogP contribution in [0.2, 0.25) is 0 Å². The van der Waals surface area contributed by atoms with Crippen LogP contribution in [-0.4, -0.2) is 27.2 Å². The van der Waals surface area contributed by atoms with Crippen molar-refractivity contribution >= 4 is 17.7 Å². The highest BCUT2D eigenvalue weighted by Gasteiger charge is 2.08. The number of anilines is 1. The van der Waals surface area contributed by atoms with Crippen molar-refractivity contribution in [3.05, 3.63) is 53.6 Å². The van der Waals surface area contributed by atoms with E-state index in [9.17, 15) is 4.79 Å². The van der Waals surface area contributed by atoms with Crippen LogP contribution in [0.25, 0.3) is 6.08 Å². The van der Waals surface area contributed by atoms with Gasteiger partial charge in [-0.25, -0.2) is 0 Å². The Kier molecular flexibility index (Phi) is 5.84. The van der Waals surface area contributed by atoms with Gasteiger partial charge >= 0.3 is 0 Å². The molecule has 1 N–H and O–H groups in total. The van der Waals surface area contributed by atoms with Crippen molar-refractivity contribution < 1.29 is 19.0 Å².